The van der Waals surface area contributed by atoms with Crippen molar-refractivity contribution in [3.8, 4) is 0 Å². The Bertz CT molecular complexity index is 1170. The van der Waals surface area contributed by atoms with Crippen LogP contribution in [0.5, 0.6) is 0 Å². The van der Waals surface area contributed by atoms with Crippen LogP contribution in [0.4, 0.5) is 0 Å². The molecule has 0 saturated carbocycles. The lowest BCUT2D eigenvalue weighted by Crippen LogP contribution is -2.34. The summed E-state index contributed by atoms with van der Waals surface area (Å²) in [6, 6.07) is 1.22. The first-order valence-corrected chi connectivity index (χ1v) is 10.7. The molecule has 0 bridgehead atoms. The van der Waals surface area contributed by atoms with Crippen LogP contribution in [0.1, 0.15) is 38.1 Å². The highest BCUT2D eigenvalue weighted by molar-refractivity contribution is 14.1. The Balaban J connectivity index is 1.30. The molecule has 1 radical (unpaired) electrons. The minimum atomic E-state index is -1.28. The molecule has 2 aliphatic rings. The third kappa shape index (κ3) is 4.90. The molecule has 2 fully saturated rings. The zero-order chi connectivity index (χ0) is 22.1. The number of rotatable bonds is 6. The number of hydrogen-bond acceptors (Lipinski definition) is 8. The van der Waals surface area contributed by atoms with Crippen LogP contribution in [0, 0.1) is 10.2 Å². The number of aliphatic hydroxyl groups is 1. The van der Waals surface area contributed by atoms with Gasteiger partial charge in [0.15, 0.2) is 6.29 Å². The van der Waals surface area contributed by atoms with Crippen LogP contribution < -0.4 is 22.5 Å². The van der Waals surface area contributed by atoms with Crippen molar-refractivity contribution in [3.63, 3.8) is 0 Å². The Morgan fingerprint density at radius 1 is 1.06 bits per heavy atom. The molecule has 0 aromatic carbocycles. The predicted molar refractivity (Wildman–Crippen MR) is 113 cm³/mol. The molecule has 2 aliphatic heterocycles. The molecular weight excluding hydrogens is 527 g/mol. The van der Waals surface area contributed by atoms with E-state index in [0.717, 1.165) is 0 Å². The zero-order valence-electron chi connectivity index (χ0n) is 16.1. The largest absolute Gasteiger partial charge is 0.366 e. The number of nitrogens with zero attached hydrogens (tertiary/aromatic N) is 2. The molecule has 167 valence electrons. The summed E-state index contributed by atoms with van der Waals surface area (Å²) < 4.78 is 19.8. The number of nitrogens with one attached hydrogen (secondary N) is 2. The average molecular weight is 547 g/mol. The third-order valence-corrected chi connectivity index (χ3v) is 5.91. The lowest BCUT2D eigenvalue weighted by atomic mass is 10.2. The summed E-state index contributed by atoms with van der Waals surface area (Å²) >= 11 is 1.84. The van der Waals surface area contributed by atoms with E-state index < -0.39 is 53.5 Å². The van der Waals surface area contributed by atoms with E-state index in [1.54, 1.807) is 0 Å². The van der Waals surface area contributed by atoms with E-state index >= 15 is 0 Å². The quantitative estimate of drug-likeness (QED) is 0.324. The molecular formula is C18H20IN4O8. The zero-order valence-corrected chi connectivity index (χ0v) is 18.3. The molecule has 2 aromatic rings. The van der Waals surface area contributed by atoms with Crippen LogP contribution in [0.3, 0.4) is 0 Å². The molecule has 4 rings (SSSR count). The average Bonchev–Trinajstić information content (AvgIpc) is 3.39. The van der Waals surface area contributed by atoms with Gasteiger partial charge in [-0.25, -0.2) is 9.59 Å². The summed E-state index contributed by atoms with van der Waals surface area (Å²) in [5, 5.41) is 10.3. The Hall–Kier alpha value is -2.07. The number of halogens is 1. The Kier molecular flexibility index (Phi) is 6.57. The third-order valence-electron chi connectivity index (χ3n) is 5.14. The van der Waals surface area contributed by atoms with Crippen LogP contribution in [0.2, 0.25) is 0 Å². The molecule has 3 N–H and O–H groups in total. The monoisotopic (exact) mass is 547 g/mol. The van der Waals surface area contributed by atoms with E-state index in [0.29, 0.717) is 29.3 Å². The highest BCUT2D eigenvalue weighted by atomic mass is 127. The summed E-state index contributed by atoms with van der Waals surface area (Å²) in [6.45, 7) is 1.36. The first kappa shape index (κ1) is 22.1. The van der Waals surface area contributed by atoms with Crippen LogP contribution in [-0.2, 0) is 14.2 Å². The van der Waals surface area contributed by atoms with E-state index in [1.165, 1.54) is 34.2 Å². The molecule has 5 atom stereocenters. The number of aromatic amines is 2. The lowest BCUT2D eigenvalue weighted by Gasteiger charge is -2.21. The molecule has 12 nitrogen and oxygen atoms in total. The van der Waals surface area contributed by atoms with Gasteiger partial charge in [0.1, 0.15) is 25.2 Å². The van der Waals surface area contributed by atoms with Gasteiger partial charge in [0, 0.05) is 18.5 Å². The maximum atomic E-state index is 12.0. The van der Waals surface area contributed by atoms with Crippen molar-refractivity contribution in [2.75, 3.05) is 0 Å². The van der Waals surface area contributed by atoms with Crippen LogP contribution in [0.15, 0.2) is 37.6 Å². The highest BCUT2D eigenvalue weighted by Gasteiger charge is 2.34. The Morgan fingerprint density at radius 2 is 1.77 bits per heavy atom. The molecule has 13 heteroatoms. The highest BCUT2D eigenvalue weighted by Crippen LogP contribution is 2.32. The van der Waals surface area contributed by atoms with Crippen molar-refractivity contribution in [1.29, 1.82) is 0 Å². The van der Waals surface area contributed by atoms with Gasteiger partial charge in [-0.2, -0.15) is 0 Å². The van der Waals surface area contributed by atoms with Gasteiger partial charge in [-0.1, -0.05) is 0 Å². The van der Waals surface area contributed by atoms with Crippen LogP contribution in [0.25, 0.3) is 0 Å². The number of hydrogen-bond donors (Lipinski definition) is 3. The van der Waals surface area contributed by atoms with Gasteiger partial charge in [0.25, 0.3) is 11.1 Å². The predicted octanol–water partition coefficient (Wildman–Crippen LogP) is -0.457. The maximum absolute atomic E-state index is 12.0. The molecule has 0 aliphatic carbocycles. The second-order valence-electron chi connectivity index (χ2n) is 7.24. The fraction of sp³-hybridized carbons (Fsp3) is 0.500. The fourth-order valence-electron chi connectivity index (χ4n) is 3.59. The van der Waals surface area contributed by atoms with Gasteiger partial charge in [0.2, 0.25) is 0 Å². The van der Waals surface area contributed by atoms with E-state index in [-0.39, 0.29) is 0 Å². The van der Waals surface area contributed by atoms with Gasteiger partial charge >= 0.3 is 11.4 Å². The van der Waals surface area contributed by atoms with Crippen molar-refractivity contribution in [2.45, 2.75) is 56.6 Å². The van der Waals surface area contributed by atoms with Crippen molar-refractivity contribution in [2.24, 2.45) is 0 Å². The van der Waals surface area contributed by atoms with Gasteiger partial charge in [-0.05, 0) is 48.3 Å². The number of H-pyrrole nitrogens is 2. The number of ether oxygens (including phenoxy) is 3. The normalized spacial score (nSPS) is 26.9. The Labute approximate surface area is 187 Å². The van der Waals surface area contributed by atoms with Crippen molar-refractivity contribution in [3.05, 3.63) is 70.3 Å². The van der Waals surface area contributed by atoms with Crippen molar-refractivity contribution >= 4 is 22.6 Å². The first-order valence-electron chi connectivity index (χ1n) is 9.62. The first-order chi connectivity index (χ1) is 14.8. The Morgan fingerprint density at radius 3 is 2.55 bits per heavy atom. The summed E-state index contributed by atoms with van der Waals surface area (Å²) in [7, 11) is 0. The minimum Gasteiger partial charge on any atom is -0.366 e. The van der Waals surface area contributed by atoms with Crippen LogP contribution >= 0.6 is 22.6 Å². The van der Waals surface area contributed by atoms with Crippen LogP contribution in [-0.4, -0.2) is 42.7 Å². The number of aliphatic hydroxyl groups excluding tert-OH is 1. The lowest BCUT2D eigenvalue weighted by molar-refractivity contribution is -0.176. The van der Waals surface area contributed by atoms with E-state index in [2.05, 4.69) is 9.97 Å². The van der Waals surface area contributed by atoms with Gasteiger partial charge < -0.3 is 19.3 Å². The maximum Gasteiger partial charge on any atom is 0.330 e. The second-order valence-corrected chi connectivity index (χ2v) is 8.40. The smallest absolute Gasteiger partial charge is 0.330 e. The summed E-state index contributed by atoms with van der Waals surface area (Å²) in [4.78, 5) is 51.0. The SMILES string of the molecule is O=c1ccn([C@H]2CC[C@@H](C(O)O[CH][C@@H]3CC[C@H](n4cc(I)c(=O)[nH]c4=O)O3)O2)c(=O)[nH]1. The summed E-state index contributed by atoms with van der Waals surface area (Å²) in [6.07, 6.45) is 1.21. The second kappa shape index (κ2) is 9.20. The molecule has 4 heterocycles. The summed E-state index contributed by atoms with van der Waals surface area (Å²) in [5.41, 5.74) is -2.09. The van der Waals surface area contributed by atoms with Crippen molar-refractivity contribution < 1.29 is 19.3 Å². The molecule has 2 aromatic heterocycles. The van der Waals surface area contributed by atoms with Crippen molar-refractivity contribution in [1.82, 2.24) is 19.1 Å². The van der Waals surface area contributed by atoms with Gasteiger partial charge in [-0.15, -0.1) is 0 Å². The molecule has 31 heavy (non-hydrogen) atoms. The van der Waals surface area contributed by atoms with E-state index in [1.807, 2.05) is 22.6 Å². The standard InChI is InChI=1S/C18H20IN4O8/c19-10-7-23(18(28)21-15(10)25)14-3-1-9(30-14)8-29-16(26)11-2-4-13(31-11)22-6-5-12(24)20-17(22)27/h5-9,11,13-14,16,26H,1-4H2,(H,20,24,27)(H,21,25,28)/t9-,11-,13+,14+,16?/m0/s1. The molecule has 0 amide bonds. The fourth-order valence-corrected chi connectivity index (χ4v) is 4.03. The summed E-state index contributed by atoms with van der Waals surface area (Å²) in [5.74, 6) is 0. The molecule has 0 spiro atoms. The van der Waals surface area contributed by atoms with E-state index in [4.69, 9.17) is 14.2 Å². The van der Waals surface area contributed by atoms with Gasteiger partial charge in [-0.3, -0.25) is 28.7 Å². The number of aromatic nitrogens is 4. The molecule has 1 unspecified atom stereocenters. The van der Waals surface area contributed by atoms with E-state index in [9.17, 15) is 24.3 Å². The topological polar surface area (TPSA) is 158 Å². The van der Waals surface area contributed by atoms with Gasteiger partial charge in [0.05, 0.1) is 9.67 Å². The minimum absolute atomic E-state index is 0.370. The molecule has 2 saturated heterocycles.